The fourth-order valence-corrected chi connectivity index (χ4v) is 20.5. The Labute approximate surface area is 700 Å². The summed E-state index contributed by atoms with van der Waals surface area (Å²) < 4.78 is 13.7. The first-order chi connectivity index (χ1) is 59.4. The van der Waals surface area contributed by atoms with Crippen molar-refractivity contribution in [1.82, 2.24) is 39.9 Å². The van der Waals surface area contributed by atoms with E-state index in [1.807, 2.05) is 66.7 Å². The Hall–Kier alpha value is -15.2. The van der Waals surface area contributed by atoms with Gasteiger partial charge in [-0.1, -0.05) is 334 Å². The van der Waals surface area contributed by atoms with Crippen LogP contribution in [0.15, 0.2) is 393 Å². The summed E-state index contributed by atoms with van der Waals surface area (Å²) in [5.41, 5.74) is 22.2. The molecule has 0 aliphatic rings. The summed E-state index contributed by atoms with van der Waals surface area (Å²) in [5, 5.41) is 11.9. The van der Waals surface area contributed by atoms with Crippen molar-refractivity contribution in [2.45, 2.75) is 0 Å². The Morgan fingerprint density at radius 2 is 0.525 bits per heavy atom. The third-order valence-electron chi connectivity index (χ3n) is 22.7. The van der Waals surface area contributed by atoms with E-state index in [-0.39, 0.29) is 0 Å². The Kier molecular flexibility index (Phi) is 17.3. The number of para-hydroxylation sites is 2. The van der Waals surface area contributed by atoms with E-state index in [1.165, 1.54) is 77.2 Å². The van der Waals surface area contributed by atoms with Gasteiger partial charge < -0.3 is 4.42 Å². The van der Waals surface area contributed by atoms with Crippen molar-refractivity contribution in [2.75, 3.05) is 0 Å². The Morgan fingerprint density at radius 3 is 1.08 bits per heavy atom. The number of hydrogen-bond acceptors (Lipinski definition) is 12. The predicted molar refractivity (Wildman–Crippen MR) is 501 cm³/mol. The number of hydrogen-bond donors (Lipinski definition) is 0. The van der Waals surface area contributed by atoms with Crippen molar-refractivity contribution in [3.8, 4) is 135 Å². The van der Waals surface area contributed by atoms with Crippen molar-refractivity contribution in [2.24, 2.45) is 0 Å². The maximum absolute atomic E-state index is 6.42. The number of benzene rings is 16. The second-order valence-electron chi connectivity index (χ2n) is 29.9. The number of nitrogens with zero attached hydrogens (tertiary/aromatic N) is 8. The normalized spacial score (nSPS) is 11.7. The van der Waals surface area contributed by atoms with Crippen LogP contribution >= 0.6 is 34.0 Å². The number of fused-ring (bicyclic) bond motifs is 16. The average Bonchev–Trinajstić information content (AvgIpc) is 1.54. The standard InChI is InChI=1S/C54H32N4OS.C54H32N4S2/c1-3-13-33(14-4-1)37-29-30-43-45(32-37)55-49(51-48(43)44-20-8-10-24-47(44)60-51)34-25-27-36(28-26-34)53-56-52(35-15-5-2-6-16-35)57-54(58-53)39-18-11-17-38(31-39)40-21-12-22-42-41-19-7-9-23-46(41)59-50(40)42;1-3-13-33(14-4-1)34-25-27-35(28-26-34)37-29-30-42-45(32-37)55-49(51-48(42)43-20-8-10-24-47(43)60-51)38-17-11-18-39(31-38)53-56-52(36-15-5-2-6-16-36)57-54(58-53)44-22-12-21-41-40-19-7-9-23-46(40)59-50(41)44/h2*1-32H. The summed E-state index contributed by atoms with van der Waals surface area (Å²) in [6.45, 7) is 0. The van der Waals surface area contributed by atoms with Crippen molar-refractivity contribution in [1.29, 1.82) is 0 Å². The van der Waals surface area contributed by atoms with Crippen LogP contribution in [0.25, 0.3) is 240 Å². The SMILES string of the molecule is c1ccc(-c2ccc(-c3ccc4c(c3)nc(-c3cccc(-c5nc(-c6ccccc6)nc(-c6cccc7c6sc6ccccc67)n5)c3)c3sc5ccccc5c34)cc2)cc1.c1ccc(-c2ccc3c(c2)nc(-c2ccc(-c4nc(-c5ccccc5)nc(-c5cccc(-c6cccc7c6oc6ccccc67)c5)n4)cc2)c2sc4ccccc4c23)cc1. The molecule has 0 unspecified atom stereocenters. The molecule has 0 saturated carbocycles. The van der Waals surface area contributed by atoms with Crippen LogP contribution in [0.2, 0.25) is 0 Å². The lowest BCUT2D eigenvalue weighted by atomic mass is 9.97. The van der Waals surface area contributed by atoms with Crippen LogP contribution < -0.4 is 0 Å². The van der Waals surface area contributed by atoms with Gasteiger partial charge in [0, 0.05) is 123 Å². The minimum atomic E-state index is 0.596. The van der Waals surface area contributed by atoms with Gasteiger partial charge >= 0.3 is 0 Å². The zero-order chi connectivity index (χ0) is 79.1. The topological polar surface area (TPSA) is 116 Å². The van der Waals surface area contributed by atoms with Gasteiger partial charge in [0.15, 0.2) is 34.9 Å². The number of thiophene rings is 3. The lowest BCUT2D eigenvalue weighted by Gasteiger charge is -2.12. The molecule has 0 saturated heterocycles. The molecule has 12 heteroatoms. The molecular weight excluding hydrogens is 1520 g/mol. The molecule has 0 amide bonds. The van der Waals surface area contributed by atoms with Gasteiger partial charge in [0.1, 0.15) is 11.2 Å². The van der Waals surface area contributed by atoms with Crippen LogP contribution in [0.4, 0.5) is 0 Å². The van der Waals surface area contributed by atoms with Gasteiger partial charge in [-0.15, -0.1) is 34.0 Å². The minimum Gasteiger partial charge on any atom is -0.455 e. The molecule has 16 aromatic carbocycles. The highest BCUT2D eigenvalue weighted by Crippen LogP contribution is 2.48. The highest BCUT2D eigenvalue weighted by atomic mass is 32.1. The fraction of sp³-hybridized carbons (Fsp3) is 0. The van der Waals surface area contributed by atoms with Crippen LogP contribution in [-0.2, 0) is 0 Å². The maximum Gasteiger partial charge on any atom is 0.165 e. The molecule has 8 heterocycles. The molecule has 24 rings (SSSR count). The van der Waals surface area contributed by atoms with E-state index < -0.39 is 0 Å². The van der Waals surface area contributed by atoms with Crippen LogP contribution in [0.5, 0.6) is 0 Å². The zero-order valence-electron chi connectivity index (χ0n) is 64.2. The Morgan fingerprint density at radius 1 is 0.183 bits per heavy atom. The van der Waals surface area contributed by atoms with Gasteiger partial charge in [-0.3, -0.25) is 0 Å². The molecule has 0 radical (unpaired) electrons. The molecule has 0 bridgehead atoms. The summed E-state index contributed by atoms with van der Waals surface area (Å²) in [4.78, 5) is 41.6. The van der Waals surface area contributed by atoms with Crippen LogP contribution in [0.3, 0.4) is 0 Å². The van der Waals surface area contributed by atoms with Crippen LogP contribution in [0, 0.1) is 0 Å². The largest absolute Gasteiger partial charge is 0.455 e. The third-order valence-corrected chi connectivity index (χ3v) is 26.3. The molecule has 0 N–H and O–H groups in total. The van der Waals surface area contributed by atoms with Crippen molar-refractivity contribution in [3.63, 3.8) is 0 Å². The van der Waals surface area contributed by atoms with Crippen molar-refractivity contribution in [3.05, 3.63) is 388 Å². The summed E-state index contributed by atoms with van der Waals surface area (Å²) in [6.07, 6.45) is 0. The van der Waals surface area contributed by atoms with Gasteiger partial charge in [-0.2, -0.15) is 0 Å². The summed E-state index contributed by atoms with van der Waals surface area (Å²) in [7, 11) is 0. The number of furan rings is 1. The van der Waals surface area contributed by atoms with E-state index in [2.05, 4.69) is 322 Å². The minimum absolute atomic E-state index is 0.596. The van der Waals surface area contributed by atoms with Crippen molar-refractivity contribution >= 4 is 138 Å². The molecule has 24 aromatic rings. The van der Waals surface area contributed by atoms with Crippen LogP contribution in [-0.4, -0.2) is 39.9 Å². The Bertz CT molecular complexity index is 8150. The second kappa shape index (κ2) is 29.5. The molecule has 0 spiro atoms. The highest BCUT2D eigenvalue weighted by molar-refractivity contribution is 7.27. The number of pyridine rings is 2. The predicted octanol–water partition coefficient (Wildman–Crippen LogP) is 29.8. The molecule has 560 valence electrons. The molecule has 8 aromatic heterocycles. The Balaban J connectivity index is 0.000000140. The summed E-state index contributed by atoms with van der Waals surface area (Å²) >= 11 is 5.38. The van der Waals surface area contributed by atoms with Crippen molar-refractivity contribution < 1.29 is 4.42 Å². The lowest BCUT2D eigenvalue weighted by molar-refractivity contribution is 0.670. The second-order valence-corrected chi connectivity index (χ2v) is 33.1. The summed E-state index contributed by atoms with van der Waals surface area (Å²) in [6, 6.07) is 136. The number of aromatic nitrogens is 8. The molecule has 0 atom stereocenters. The van der Waals surface area contributed by atoms with E-state index in [1.54, 1.807) is 34.0 Å². The van der Waals surface area contributed by atoms with Crippen LogP contribution in [0.1, 0.15) is 0 Å². The summed E-state index contributed by atoms with van der Waals surface area (Å²) in [5.74, 6) is 3.72. The van der Waals surface area contributed by atoms with E-state index in [0.29, 0.717) is 34.9 Å². The maximum atomic E-state index is 6.42. The molecule has 0 aliphatic heterocycles. The van der Waals surface area contributed by atoms with Gasteiger partial charge in [0.25, 0.3) is 0 Å². The third kappa shape index (κ3) is 12.6. The van der Waals surface area contributed by atoms with E-state index in [9.17, 15) is 0 Å². The van der Waals surface area contributed by atoms with E-state index >= 15 is 0 Å². The van der Waals surface area contributed by atoms with Gasteiger partial charge in [-0.25, -0.2) is 39.9 Å². The molecular formula is C108H64N8OS3. The van der Waals surface area contributed by atoms with Gasteiger partial charge in [0.2, 0.25) is 0 Å². The lowest BCUT2D eigenvalue weighted by Crippen LogP contribution is -2.00. The first-order valence-electron chi connectivity index (χ1n) is 39.9. The quantitative estimate of drug-likeness (QED) is 0.118. The monoisotopic (exact) mass is 1580 g/mol. The smallest absolute Gasteiger partial charge is 0.165 e. The molecule has 0 aliphatic carbocycles. The van der Waals surface area contributed by atoms with E-state index in [4.69, 9.17) is 44.3 Å². The first kappa shape index (κ1) is 70.2. The fourth-order valence-electron chi connectivity index (χ4n) is 16.8. The molecule has 120 heavy (non-hydrogen) atoms. The number of rotatable bonds is 12. The first-order valence-corrected chi connectivity index (χ1v) is 42.4. The van der Waals surface area contributed by atoms with Gasteiger partial charge in [-0.05, 0) is 93.5 Å². The highest BCUT2D eigenvalue weighted by Gasteiger charge is 2.24. The van der Waals surface area contributed by atoms with E-state index in [0.717, 1.165) is 127 Å². The molecule has 0 fully saturated rings. The zero-order valence-corrected chi connectivity index (χ0v) is 66.6. The molecule has 9 nitrogen and oxygen atoms in total. The van der Waals surface area contributed by atoms with Gasteiger partial charge in [0.05, 0.1) is 31.8 Å². The average molecular weight is 1590 g/mol.